The molecule has 2 amide bonds. The zero-order chi connectivity index (χ0) is 33.0. The zero-order valence-corrected chi connectivity index (χ0v) is 26.7. The average Bonchev–Trinajstić information content (AvgIpc) is 3.13. The molecule has 9 rings (SSSR count). The molecule has 0 aliphatic carbocycles. The van der Waals surface area contributed by atoms with Crippen molar-refractivity contribution in [1.82, 2.24) is 9.80 Å². The van der Waals surface area contributed by atoms with Gasteiger partial charge in [0.2, 0.25) is 12.2 Å². The molecule has 4 atom stereocenters. The van der Waals surface area contributed by atoms with Gasteiger partial charge >= 0.3 is 0 Å². The highest BCUT2D eigenvalue weighted by Crippen LogP contribution is 2.43. The fraction of sp³-hybridized carbons (Fsp3) is 0.263. The number of carbonyl (C=O) groups is 2. The van der Waals surface area contributed by atoms with Crippen LogP contribution in [0.2, 0.25) is 0 Å². The Morgan fingerprint density at radius 3 is 1.29 bits per heavy atom. The lowest BCUT2D eigenvalue weighted by atomic mass is 9.88. The van der Waals surface area contributed by atoms with E-state index in [9.17, 15) is 9.59 Å². The predicted molar refractivity (Wildman–Crippen MR) is 177 cm³/mol. The van der Waals surface area contributed by atoms with Crippen LogP contribution in [-0.4, -0.2) is 74.3 Å². The van der Waals surface area contributed by atoms with E-state index in [1.165, 1.54) is 0 Å². The van der Waals surface area contributed by atoms with Crippen molar-refractivity contribution in [3.05, 3.63) is 120 Å². The van der Waals surface area contributed by atoms with Crippen molar-refractivity contribution in [1.29, 1.82) is 0 Å². The van der Waals surface area contributed by atoms with Gasteiger partial charge in [-0.15, -0.1) is 0 Å². The van der Waals surface area contributed by atoms with Gasteiger partial charge in [-0.3, -0.25) is 9.59 Å². The minimum Gasteiger partial charge on any atom is -0.497 e. The first-order valence-electron chi connectivity index (χ1n) is 15.9. The van der Waals surface area contributed by atoms with Gasteiger partial charge in [-0.05, 0) is 71.8 Å². The highest BCUT2D eigenvalue weighted by atomic mass is 16.5. The van der Waals surface area contributed by atoms with Gasteiger partial charge in [0, 0.05) is 13.1 Å². The van der Waals surface area contributed by atoms with Crippen molar-refractivity contribution >= 4 is 11.8 Å². The third kappa shape index (κ3) is 5.97. The van der Waals surface area contributed by atoms with Crippen molar-refractivity contribution in [2.45, 2.75) is 24.3 Å². The second-order valence-corrected chi connectivity index (χ2v) is 11.6. The van der Waals surface area contributed by atoms with E-state index in [1.54, 1.807) is 36.2 Å². The maximum atomic E-state index is 13.8. The SMILES string of the molecule is COc1ccc([C@@H]2[C@@H]3Oc4ccccc4OC/C=C\COc4ccccc4O[C@H]4C(=O)N(CCN2C3=O)[C@H]4c2ccc(OC)cc2)cc1. The lowest BCUT2D eigenvalue weighted by molar-refractivity contribution is -0.172. The van der Waals surface area contributed by atoms with Gasteiger partial charge < -0.3 is 38.2 Å². The summed E-state index contributed by atoms with van der Waals surface area (Å²) in [6.07, 6.45) is 2.13. The average molecular weight is 649 g/mol. The molecule has 48 heavy (non-hydrogen) atoms. The van der Waals surface area contributed by atoms with Crippen molar-refractivity contribution in [3.8, 4) is 34.5 Å². The first-order chi connectivity index (χ1) is 23.6. The Balaban J connectivity index is 1.23. The van der Waals surface area contributed by atoms with Crippen LogP contribution in [0.15, 0.2) is 109 Å². The van der Waals surface area contributed by atoms with E-state index >= 15 is 0 Å². The fourth-order valence-corrected chi connectivity index (χ4v) is 6.31. The Morgan fingerprint density at radius 2 is 0.917 bits per heavy atom. The van der Waals surface area contributed by atoms with Gasteiger partial charge in [0.1, 0.15) is 36.8 Å². The Bertz CT molecular complexity index is 1660. The molecule has 5 aliphatic rings. The summed E-state index contributed by atoms with van der Waals surface area (Å²) in [4.78, 5) is 31.1. The lowest BCUT2D eigenvalue weighted by Gasteiger charge is -2.50. The third-order valence-electron chi connectivity index (χ3n) is 8.84. The maximum absolute atomic E-state index is 13.8. The molecule has 4 bridgehead atoms. The normalized spacial score (nSPS) is 22.9. The molecule has 0 saturated carbocycles. The first-order valence-corrected chi connectivity index (χ1v) is 15.9. The van der Waals surface area contributed by atoms with Crippen molar-refractivity contribution < 1.29 is 38.0 Å². The number of benzene rings is 4. The Kier molecular flexibility index (Phi) is 8.78. The highest BCUT2D eigenvalue weighted by molar-refractivity contribution is 5.91. The number of methoxy groups -OCH3 is 2. The Labute approximate surface area is 279 Å². The van der Waals surface area contributed by atoms with Crippen LogP contribution in [-0.2, 0) is 9.59 Å². The van der Waals surface area contributed by atoms with Gasteiger partial charge in [0.05, 0.1) is 14.2 Å². The van der Waals surface area contributed by atoms with E-state index in [4.69, 9.17) is 28.4 Å². The number of rotatable bonds is 4. The maximum Gasteiger partial charge on any atom is 0.266 e. The summed E-state index contributed by atoms with van der Waals surface area (Å²) in [5.41, 5.74) is 1.78. The van der Waals surface area contributed by atoms with Gasteiger partial charge in [0.15, 0.2) is 23.0 Å². The highest BCUT2D eigenvalue weighted by Gasteiger charge is 2.53. The van der Waals surface area contributed by atoms with Crippen LogP contribution in [0.4, 0.5) is 0 Å². The summed E-state index contributed by atoms with van der Waals surface area (Å²) in [6, 6.07) is 29.0. The van der Waals surface area contributed by atoms with Gasteiger partial charge in [-0.25, -0.2) is 0 Å². The fourth-order valence-electron chi connectivity index (χ4n) is 6.31. The number of para-hydroxylation sites is 4. The van der Waals surface area contributed by atoms with Crippen LogP contribution in [0.25, 0.3) is 0 Å². The summed E-state index contributed by atoms with van der Waals surface area (Å²) in [6.45, 7) is 1.13. The summed E-state index contributed by atoms with van der Waals surface area (Å²) < 4.78 is 35.6. The van der Waals surface area contributed by atoms with E-state index in [0.717, 1.165) is 11.1 Å². The predicted octanol–water partition coefficient (Wildman–Crippen LogP) is 5.39. The molecule has 2 saturated heterocycles. The number of carbonyl (C=O) groups excluding carboxylic acids is 2. The van der Waals surface area contributed by atoms with E-state index in [-0.39, 0.29) is 25.0 Å². The number of ether oxygens (including phenoxy) is 6. The van der Waals surface area contributed by atoms with Gasteiger partial charge in [-0.1, -0.05) is 48.5 Å². The number of β-lactam (4-membered cyclic amide) rings is 2. The van der Waals surface area contributed by atoms with Crippen molar-refractivity contribution in [2.75, 3.05) is 40.5 Å². The van der Waals surface area contributed by atoms with Crippen molar-refractivity contribution in [3.63, 3.8) is 0 Å². The molecule has 0 unspecified atom stereocenters. The van der Waals surface area contributed by atoms with Gasteiger partial charge in [-0.2, -0.15) is 0 Å². The lowest BCUT2D eigenvalue weighted by Crippen LogP contribution is -2.66. The van der Waals surface area contributed by atoms with Crippen LogP contribution in [0.5, 0.6) is 34.5 Å². The molecule has 2 fully saturated rings. The molecular formula is C38H36N2O8. The molecule has 10 heteroatoms. The van der Waals surface area contributed by atoms with Crippen LogP contribution in [0.3, 0.4) is 0 Å². The zero-order valence-electron chi connectivity index (χ0n) is 26.7. The molecule has 0 N–H and O–H groups in total. The summed E-state index contributed by atoms with van der Waals surface area (Å²) in [5, 5.41) is 0. The Morgan fingerprint density at radius 1 is 0.542 bits per heavy atom. The monoisotopic (exact) mass is 648 g/mol. The second-order valence-electron chi connectivity index (χ2n) is 11.6. The van der Waals surface area contributed by atoms with Crippen LogP contribution >= 0.6 is 0 Å². The first kappa shape index (κ1) is 31.0. The topological polar surface area (TPSA) is 96.0 Å². The second kappa shape index (κ2) is 13.6. The quantitative estimate of drug-likeness (QED) is 0.215. The van der Waals surface area contributed by atoms with Crippen LogP contribution in [0.1, 0.15) is 23.2 Å². The number of nitrogens with zero attached hydrogens (tertiary/aromatic N) is 2. The molecule has 10 nitrogen and oxygen atoms in total. The molecule has 4 aromatic carbocycles. The standard InChI is InChI=1S/C38H36N2O8/c1-43-27-17-13-25(14-18-27)33-35-37(41)39(33)21-22-40-34(26-15-19-28(44-2)20-16-26)36(38(40)42)48-32-12-6-4-10-30(32)46-24-8-7-23-45-29-9-3-5-11-31(29)47-35/h3-20,33-36H,21-24H2,1-2H3/b8-7-/t33-,34+,35+,36-. The van der Waals surface area contributed by atoms with E-state index < -0.39 is 24.3 Å². The summed E-state index contributed by atoms with van der Waals surface area (Å²) in [5.74, 6) is 3.06. The number of hydrogen-bond donors (Lipinski definition) is 0. The molecule has 4 aromatic rings. The number of hydrogen-bond acceptors (Lipinski definition) is 8. The smallest absolute Gasteiger partial charge is 0.266 e. The molecule has 0 spiro atoms. The molecule has 246 valence electrons. The van der Waals surface area contributed by atoms with Crippen LogP contribution in [0, 0.1) is 0 Å². The minimum absolute atomic E-state index is 0.173. The molecule has 0 radical (unpaired) electrons. The largest absolute Gasteiger partial charge is 0.497 e. The molecule has 5 heterocycles. The number of amides is 2. The summed E-state index contributed by atoms with van der Waals surface area (Å²) >= 11 is 0. The van der Waals surface area contributed by atoms with Crippen LogP contribution < -0.4 is 28.4 Å². The van der Waals surface area contributed by atoms with Gasteiger partial charge in [0.25, 0.3) is 11.8 Å². The van der Waals surface area contributed by atoms with Crippen molar-refractivity contribution in [2.24, 2.45) is 0 Å². The molecular weight excluding hydrogens is 612 g/mol. The van der Waals surface area contributed by atoms with E-state index in [2.05, 4.69) is 0 Å². The van der Waals surface area contributed by atoms with E-state index in [1.807, 2.05) is 97.1 Å². The third-order valence-corrected chi connectivity index (χ3v) is 8.84. The molecule has 0 aromatic heterocycles. The molecule has 5 aliphatic heterocycles. The summed E-state index contributed by atoms with van der Waals surface area (Å²) in [7, 11) is 3.22. The Hall–Kier alpha value is -5.64. The minimum atomic E-state index is -0.783. The van der Waals surface area contributed by atoms with E-state index in [0.29, 0.717) is 47.6 Å².